The molecule has 0 aliphatic heterocycles. The highest BCUT2D eigenvalue weighted by Crippen LogP contribution is 2.10. The monoisotopic (exact) mass is 227 g/mol. The fourth-order valence-corrected chi connectivity index (χ4v) is 1.28. The van der Waals surface area contributed by atoms with E-state index in [0.29, 0.717) is 5.92 Å². The summed E-state index contributed by atoms with van der Waals surface area (Å²) < 4.78 is 0. The minimum Gasteiger partial charge on any atom is -0.243 e. The Kier molecular flexibility index (Phi) is 8.71. The summed E-state index contributed by atoms with van der Waals surface area (Å²) in [5.74, 6) is 1.31. The van der Waals surface area contributed by atoms with Crippen molar-refractivity contribution >= 4 is 0 Å². The number of aryl methyl sites for hydroxylation is 1. The Bertz CT molecular complexity index is 236. The molecule has 0 bridgehead atoms. The molecule has 0 saturated heterocycles. The Morgan fingerprint density at radius 3 is 2.38 bits per heavy atom. The number of tetrazole rings is 1. The maximum Gasteiger partial charge on any atom is 0.145 e. The van der Waals surface area contributed by atoms with Crippen molar-refractivity contribution in [1.29, 1.82) is 0 Å². The lowest BCUT2D eigenvalue weighted by molar-refractivity contribution is 0.0612. The van der Waals surface area contributed by atoms with E-state index in [-0.39, 0.29) is 6.10 Å². The molecule has 0 amide bonds. The number of aromatic amines is 1. The molecule has 1 atom stereocenters. The molecule has 1 heterocycles. The van der Waals surface area contributed by atoms with Gasteiger partial charge in [0.2, 0.25) is 0 Å². The highest BCUT2D eigenvalue weighted by molar-refractivity contribution is 4.63. The summed E-state index contributed by atoms with van der Waals surface area (Å²) in [4.78, 5) is 0. The second kappa shape index (κ2) is 9.27. The van der Waals surface area contributed by atoms with Gasteiger partial charge in [-0.15, -0.1) is 5.10 Å². The molecule has 1 aromatic heterocycles. The summed E-state index contributed by atoms with van der Waals surface area (Å²) in [6, 6.07) is 0. The molecule has 5 nitrogen and oxygen atoms in total. The van der Waals surface area contributed by atoms with Crippen LogP contribution in [0.2, 0.25) is 0 Å². The maximum absolute atomic E-state index is 11.1. The quantitative estimate of drug-likeness (QED) is 0.839. The minimum absolute atomic E-state index is 0.306. The van der Waals surface area contributed by atoms with Crippen LogP contribution in [-0.4, -0.2) is 26.7 Å². The number of hydrogen-bond acceptors (Lipinski definition) is 3. The number of aromatic nitrogens is 4. The molecular weight excluding hydrogens is 204 g/mol. The zero-order chi connectivity index (χ0) is 12.4. The first kappa shape index (κ1) is 15.0. The SMILES string of the molecule is CCCCC([O])CC(C)C.Cc1nnn[nH]1. The van der Waals surface area contributed by atoms with Crippen molar-refractivity contribution in [2.24, 2.45) is 5.92 Å². The van der Waals surface area contributed by atoms with E-state index in [1.165, 1.54) is 0 Å². The normalized spacial score (nSPS) is 12.1. The van der Waals surface area contributed by atoms with Crippen molar-refractivity contribution in [3.8, 4) is 0 Å². The first-order valence-corrected chi connectivity index (χ1v) is 5.92. The van der Waals surface area contributed by atoms with Gasteiger partial charge < -0.3 is 0 Å². The highest BCUT2D eigenvalue weighted by Gasteiger charge is 2.06. The van der Waals surface area contributed by atoms with Crippen molar-refractivity contribution in [2.75, 3.05) is 0 Å². The molecule has 0 aliphatic rings. The number of H-pyrrole nitrogens is 1. The smallest absolute Gasteiger partial charge is 0.145 e. The zero-order valence-corrected chi connectivity index (χ0v) is 10.7. The van der Waals surface area contributed by atoms with Crippen molar-refractivity contribution in [2.45, 2.75) is 59.5 Å². The Labute approximate surface area is 97.7 Å². The standard InChI is InChI=1S/C9H19O.C2H4N4/c1-4-5-6-9(10)7-8(2)3;1-2-3-5-6-4-2/h8-9H,4-7H2,1-3H3;1H3,(H,3,4,5,6). The van der Waals surface area contributed by atoms with Gasteiger partial charge in [-0.3, -0.25) is 0 Å². The van der Waals surface area contributed by atoms with Crippen LogP contribution in [0.25, 0.3) is 0 Å². The van der Waals surface area contributed by atoms with E-state index in [1.54, 1.807) is 6.92 Å². The number of unbranched alkanes of at least 4 members (excludes halogenated alkanes) is 1. The average molecular weight is 227 g/mol. The van der Waals surface area contributed by atoms with Gasteiger partial charge in [0.1, 0.15) is 5.82 Å². The van der Waals surface area contributed by atoms with Crippen LogP contribution in [0.15, 0.2) is 0 Å². The largest absolute Gasteiger partial charge is 0.243 e. The van der Waals surface area contributed by atoms with Crippen molar-refractivity contribution in [3.63, 3.8) is 0 Å². The lowest BCUT2D eigenvalue weighted by atomic mass is 10.0. The van der Waals surface area contributed by atoms with E-state index in [9.17, 15) is 5.11 Å². The maximum atomic E-state index is 11.1. The molecule has 0 fully saturated rings. The van der Waals surface area contributed by atoms with Gasteiger partial charge in [0.25, 0.3) is 0 Å². The molecule has 0 aromatic carbocycles. The molecule has 0 saturated carbocycles. The molecule has 1 unspecified atom stereocenters. The molecule has 0 spiro atoms. The van der Waals surface area contributed by atoms with E-state index in [4.69, 9.17) is 0 Å². The third-order valence-corrected chi connectivity index (χ3v) is 2.07. The predicted molar refractivity (Wildman–Crippen MR) is 62.4 cm³/mol. The second-order valence-electron chi connectivity index (χ2n) is 4.38. The molecule has 0 aliphatic carbocycles. The molecule has 1 N–H and O–H groups in total. The van der Waals surface area contributed by atoms with Crippen LogP contribution < -0.4 is 0 Å². The van der Waals surface area contributed by atoms with E-state index in [1.807, 2.05) is 0 Å². The van der Waals surface area contributed by atoms with Crippen molar-refractivity contribution < 1.29 is 5.11 Å². The van der Waals surface area contributed by atoms with Gasteiger partial charge in [-0.1, -0.05) is 33.6 Å². The molecule has 16 heavy (non-hydrogen) atoms. The van der Waals surface area contributed by atoms with E-state index < -0.39 is 0 Å². The highest BCUT2D eigenvalue weighted by atomic mass is 16.3. The number of hydrogen-bond donors (Lipinski definition) is 1. The van der Waals surface area contributed by atoms with Crippen LogP contribution in [0.1, 0.15) is 52.3 Å². The summed E-state index contributed by atoms with van der Waals surface area (Å²) in [7, 11) is 0. The molecule has 5 heteroatoms. The summed E-state index contributed by atoms with van der Waals surface area (Å²) in [5.41, 5.74) is 0. The summed E-state index contributed by atoms with van der Waals surface area (Å²) in [6.45, 7) is 8.13. The van der Waals surface area contributed by atoms with Crippen LogP contribution in [0.4, 0.5) is 0 Å². The topological polar surface area (TPSA) is 74.4 Å². The van der Waals surface area contributed by atoms with Gasteiger partial charge in [0.15, 0.2) is 0 Å². The third kappa shape index (κ3) is 9.58. The fraction of sp³-hybridized carbons (Fsp3) is 0.909. The molecule has 1 aromatic rings. The molecule has 93 valence electrons. The minimum atomic E-state index is -0.306. The summed E-state index contributed by atoms with van der Waals surface area (Å²) in [6.07, 6.45) is 3.66. The van der Waals surface area contributed by atoms with E-state index in [0.717, 1.165) is 31.5 Å². The van der Waals surface area contributed by atoms with Gasteiger partial charge in [0.05, 0.1) is 6.10 Å². The number of rotatable bonds is 5. The van der Waals surface area contributed by atoms with Gasteiger partial charge in [-0.2, -0.15) is 0 Å². The van der Waals surface area contributed by atoms with Crippen molar-refractivity contribution in [3.05, 3.63) is 5.82 Å². The Hall–Kier alpha value is -0.970. The van der Waals surface area contributed by atoms with Crippen LogP contribution in [-0.2, 0) is 5.11 Å². The number of nitrogens with zero attached hydrogens (tertiary/aromatic N) is 3. The van der Waals surface area contributed by atoms with E-state index >= 15 is 0 Å². The summed E-state index contributed by atoms with van der Waals surface area (Å²) in [5, 5.41) is 23.7. The fourth-order valence-electron chi connectivity index (χ4n) is 1.28. The average Bonchev–Trinajstić information content (AvgIpc) is 2.66. The Balaban J connectivity index is 0.000000315. The first-order chi connectivity index (χ1) is 7.56. The lowest BCUT2D eigenvalue weighted by Gasteiger charge is -2.09. The summed E-state index contributed by atoms with van der Waals surface area (Å²) >= 11 is 0. The van der Waals surface area contributed by atoms with Gasteiger partial charge in [-0.25, -0.2) is 10.2 Å². The van der Waals surface area contributed by atoms with Gasteiger partial charge in [-0.05, 0) is 36.1 Å². The Morgan fingerprint density at radius 2 is 2.06 bits per heavy atom. The first-order valence-electron chi connectivity index (χ1n) is 5.92. The number of nitrogens with one attached hydrogen (secondary N) is 1. The lowest BCUT2D eigenvalue weighted by Crippen LogP contribution is -2.07. The van der Waals surface area contributed by atoms with Crippen LogP contribution in [0.5, 0.6) is 0 Å². The van der Waals surface area contributed by atoms with Crippen molar-refractivity contribution in [1.82, 2.24) is 20.6 Å². The molecule has 1 radical (unpaired) electrons. The van der Waals surface area contributed by atoms with Crippen LogP contribution >= 0.6 is 0 Å². The molecular formula is C11H23N4O. The van der Waals surface area contributed by atoms with Gasteiger partial charge >= 0.3 is 0 Å². The molecule has 1 rings (SSSR count). The predicted octanol–water partition coefficient (Wildman–Crippen LogP) is 2.53. The zero-order valence-electron chi connectivity index (χ0n) is 10.7. The Morgan fingerprint density at radius 1 is 1.38 bits per heavy atom. The van der Waals surface area contributed by atoms with Crippen LogP contribution in [0, 0.1) is 12.8 Å². The third-order valence-electron chi connectivity index (χ3n) is 2.07. The second-order valence-corrected chi connectivity index (χ2v) is 4.38. The van der Waals surface area contributed by atoms with E-state index in [2.05, 4.69) is 41.4 Å². The van der Waals surface area contributed by atoms with Gasteiger partial charge in [0, 0.05) is 0 Å². The van der Waals surface area contributed by atoms with Crippen LogP contribution in [0.3, 0.4) is 0 Å².